The van der Waals surface area contributed by atoms with E-state index in [-0.39, 0.29) is 0 Å². The van der Waals surface area contributed by atoms with Gasteiger partial charge in [0, 0.05) is 0 Å². The lowest BCUT2D eigenvalue weighted by Gasteiger charge is -2.05. The molecule has 0 fully saturated rings. The van der Waals surface area contributed by atoms with Gasteiger partial charge in [-0.05, 0) is 30.5 Å². The highest BCUT2D eigenvalue weighted by Crippen LogP contribution is 2.33. The fourth-order valence-corrected chi connectivity index (χ4v) is 3.62. The Morgan fingerprint density at radius 3 is 2.52 bits per heavy atom. The van der Waals surface area contributed by atoms with Crippen molar-refractivity contribution in [3.63, 3.8) is 0 Å². The topological polar surface area (TPSA) is 33.1 Å². The lowest BCUT2D eigenvalue weighted by Crippen LogP contribution is -1.91. The Kier molecular flexibility index (Phi) is 3.76. The highest BCUT2D eigenvalue weighted by Gasteiger charge is 2.15. The minimum Gasteiger partial charge on any atom is -0.512 e. The summed E-state index contributed by atoms with van der Waals surface area (Å²) in [5.74, 6) is 0.304. The Morgan fingerprint density at radius 1 is 1.10 bits per heavy atom. The van der Waals surface area contributed by atoms with Gasteiger partial charge in [0.1, 0.15) is 5.01 Å². The molecule has 0 saturated heterocycles. The molecule has 1 aromatic heterocycles. The van der Waals surface area contributed by atoms with E-state index >= 15 is 0 Å². The van der Waals surface area contributed by atoms with E-state index in [0.29, 0.717) is 5.76 Å². The summed E-state index contributed by atoms with van der Waals surface area (Å²) in [5.41, 5.74) is 4.11. The van der Waals surface area contributed by atoms with E-state index in [2.05, 4.69) is 25.1 Å². The molecule has 2 aromatic carbocycles. The fourth-order valence-electron chi connectivity index (χ4n) is 2.49. The van der Waals surface area contributed by atoms with Crippen LogP contribution < -0.4 is 0 Å². The number of fused-ring (bicyclic) bond motifs is 1. The summed E-state index contributed by atoms with van der Waals surface area (Å²) in [6.45, 7) is 3.86. The van der Waals surface area contributed by atoms with Gasteiger partial charge in [-0.25, -0.2) is 4.98 Å². The number of para-hydroxylation sites is 1. The molecule has 0 saturated carbocycles. The van der Waals surface area contributed by atoms with Crippen LogP contribution in [0.5, 0.6) is 0 Å². The van der Waals surface area contributed by atoms with Gasteiger partial charge in [-0.3, -0.25) is 0 Å². The first kappa shape index (κ1) is 13.8. The minimum atomic E-state index is 0.304. The maximum atomic E-state index is 10.1. The van der Waals surface area contributed by atoms with Crippen LogP contribution in [0, 0.1) is 0 Å². The summed E-state index contributed by atoms with van der Waals surface area (Å²) < 4.78 is 1.17. The van der Waals surface area contributed by atoms with Crippen LogP contribution in [0.25, 0.3) is 15.8 Å². The summed E-state index contributed by atoms with van der Waals surface area (Å²) in [5, 5.41) is 11.0. The normalized spacial score (nSPS) is 12.5. The number of hydrogen-bond acceptors (Lipinski definition) is 3. The Morgan fingerprint density at radius 2 is 1.86 bits per heavy atom. The third-order valence-corrected chi connectivity index (χ3v) is 4.56. The SMILES string of the molecule is CCc1cccc2sc(C(=C(C)O)c3ccccc3)nc12. The van der Waals surface area contributed by atoms with Crippen LogP contribution in [-0.2, 0) is 6.42 Å². The quantitative estimate of drug-likeness (QED) is 0.674. The molecular formula is C18H17NOS. The monoisotopic (exact) mass is 295 g/mol. The van der Waals surface area contributed by atoms with E-state index in [9.17, 15) is 5.11 Å². The predicted molar refractivity (Wildman–Crippen MR) is 89.8 cm³/mol. The molecule has 1 heterocycles. The average molecular weight is 295 g/mol. The molecule has 21 heavy (non-hydrogen) atoms. The van der Waals surface area contributed by atoms with Crippen molar-refractivity contribution < 1.29 is 5.11 Å². The Labute approximate surface area is 128 Å². The lowest BCUT2D eigenvalue weighted by atomic mass is 10.1. The molecule has 0 atom stereocenters. The van der Waals surface area contributed by atoms with E-state index < -0.39 is 0 Å². The number of hydrogen-bond donors (Lipinski definition) is 1. The standard InChI is InChI=1S/C18H17NOS/c1-3-13-10-7-11-15-17(13)19-18(21-15)16(12(2)20)14-8-5-4-6-9-14/h4-11,20H,3H2,1-2H3. The third-order valence-electron chi connectivity index (χ3n) is 3.52. The van der Waals surface area contributed by atoms with Gasteiger partial charge < -0.3 is 5.11 Å². The molecule has 3 rings (SSSR count). The number of aliphatic hydroxyl groups excluding tert-OH is 1. The van der Waals surface area contributed by atoms with Crippen LogP contribution in [0.1, 0.15) is 30.0 Å². The largest absolute Gasteiger partial charge is 0.512 e. The molecule has 0 aliphatic carbocycles. The van der Waals surface area contributed by atoms with Crippen molar-refractivity contribution >= 4 is 27.1 Å². The van der Waals surface area contributed by atoms with Crippen molar-refractivity contribution in [3.05, 3.63) is 70.4 Å². The zero-order chi connectivity index (χ0) is 14.8. The van der Waals surface area contributed by atoms with Crippen LogP contribution in [0.2, 0.25) is 0 Å². The number of thiazole rings is 1. The van der Waals surface area contributed by atoms with Crippen molar-refractivity contribution in [1.82, 2.24) is 4.98 Å². The maximum Gasteiger partial charge on any atom is 0.128 e. The number of aromatic nitrogens is 1. The molecule has 0 aliphatic rings. The summed E-state index contributed by atoms with van der Waals surface area (Å²) >= 11 is 1.63. The molecule has 0 bridgehead atoms. The molecule has 0 radical (unpaired) electrons. The van der Waals surface area contributed by atoms with Crippen molar-refractivity contribution in [2.45, 2.75) is 20.3 Å². The summed E-state index contributed by atoms with van der Waals surface area (Å²) in [4.78, 5) is 4.78. The van der Waals surface area contributed by atoms with E-state index in [0.717, 1.165) is 28.1 Å². The van der Waals surface area contributed by atoms with Gasteiger partial charge in [0.2, 0.25) is 0 Å². The summed E-state index contributed by atoms with van der Waals surface area (Å²) in [6, 6.07) is 16.2. The molecule has 0 spiro atoms. The third kappa shape index (κ3) is 2.57. The zero-order valence-electron chi connectivity index (χ0n) is 12.1. The maximum absolute atomic E-state index is 10.1. The van der Waals surface area contributed by atoms with Gasteiger partial charge in [-0.15, -0.1) is 11.3 Å². The van der Waals surface area contributed by atoms with E-state index in [1.807, 2.05) is 30.3 Å². The fraction of sp³-hybridized carbons (Fsp3) is 0.167. The van der Waals surface area contributed by atoms with Gasteiger partial charge in [-0.1, -0.05) is 49.4 Å². The number of rotatable bonds is 3. The lowest BCUT2D eigenvalue weighted by molar-refractivity contribution is 0.417. The Hall–Kier alpha value is -2.13. The number of nitrogens with zero attached hydrogens (tertiary/aromatic N) is 1. The van der Waals surface area contributed by atoms with E-state index in [1.165, 1.54) is 10.3 Å². The van der Waals surface area contributed by atoms with Gasteiger partial charge >= 0.3 is 0 Å². The van der Waals surface area contributed by atoms with Crippen molar-refractivity contribution in [3.8, 4) is 0 Å². The number of benzene rings is 2. The molecule has 3 heteroatoms. The minimum absolute atomic E-state index is 0.304. The van der Waals surface area contributed by atoms with E-state index in [1.54, 1.807) is 18.3 Å². The highest BCUT2D eigenvalue weighted by atomic mass is 32.1. The number of aryl methyl sites for hydroxylation is 1. The summed E-state index contributed by atoms with van der Waals surface area (Å²) in [6.07, 6.45) is 0.961. The smallest absolute Gasteiger partial charge is 0.128 e. The van der Waals surface area contributed by atoms with Gasteiger partial charge in [0.15, 0.2) is 0 Å². The van der Waals surface area contributed by atoms with Crippen molar-refractivity contribution in [1.29, 1.82) is 0 Å². The highest BCUT2D eigenvalue weighted by molar-refractivity contribution is 7.19. The molecule has 1 N–H and O–H groups in total. The molecule has 0 unspecified atom stereocenters. The van der Waals surface area contributed by atoms with Gasteiger partial charge in [0.05, 0.1) is 21.5 Å². The van der Waals surface area contributed by atoms with Crippen LogP contribution in [0.4, 0.5) is 0 Å². The van der Waals surface area contributed by atoms with Crippen LogP contribution >= 0.6 is 11.3 Å². The van der Waals surface area contributed by atoms with Crippen LogP contribution in [-0.4, -0.2) is 10.1 Å². The van der Waals surface area contributed by atoms with Crippen molar-refractivity contribution in [2.24, 2.45) is 0 Å². The molecule has 0 aliphatic heterocycles. The molecular weight excluding hydrogens is 278 g/mol. The zero-order valence-corrected chi connectivity index (χ0v) is 12.9. The van der Waals surface area contributed by atoms with Gasteiger partial charge in [-0.2, -0.15) is 0 Å². The first-order chi connectivity index (χ1) is 10.2. The van der Waals surface area contributed by atoms with Crippen molar-refractivity contribution in [2.75, 3.05) is 0 Å². The Bertz CT molecular complexity index is 798. The molecule has 2 nitrogen and oxygen atoms in total. The first-order valence-electron chi connectivity index (χ1n) is 7.04. The predicted octanol–water partition coefficient (Wildman–Crippen LogP) is 5.20. The summed E-state index contributed by atoms with van der Waals surface area (Å²) in [7, 11) is 0. The number of aliphatic hydroxyl groups is 1. The van der Waals surface area contributed by atoms with E-state index in [4.69, 9.17) is 4.98 Å². The second-order valence-electron chi connectivity index (χ2n) is 4.96. The second-order valence-corrected chi connectivity index (χ2v) is 5.99. The second kappa shape index (κ2) is 5.70. The molecule has 0 amide bonds. The molecule has 106 valence electrons. The first-order valence-corrected chi connectivity index (χ1v) is 7.86. The molecule has 3 aromatic rings. The van der Waals surface area contributed by atoms with Crippen LogP contribution in [0.3, 0.4) is 0 Å². The Balaban J connectivity index is 2.21. The van der Waals surface area contributed by atoms with Crippen LogP contribution in [0.15, 0.2) is 54.3 Å². The van der Waals surface area contributed by atoms with Gasteiger partial charge in [0.25, 0.3) is 0 Å². The average Bonchev–Trinajstić information content (AvgIpc) is 2.91. The number of allylic oxidation sites excluding steroid dienone is 1.